The summed E-state index contributed by atoms with van der Waals surface area (Å²) in [4.78, 5) is 0. The zero-order valence-electron chi connectivity index (χ0n) is 21.4. The van der Waals surface area contributed by atoms with E-state index in [1.807, 2.05) is 18.2 Å². The van der Waals surface area contributed by atoms with Gasteiger partial charge < -0.3 is 28.4 Å². The minimum absolute atomic E-state index is 0.671. The Labute approximate surface area is 203 Å². The summed E-state index contributed by atoms with van der Waals surface area (Å²) in [6.07, 6.45) is 0. The van der Waals surface area contributed by atoms with Gasteiger partial charge in [0.15, 0.2) is 43.3 Å². The number of ether oxygens (including phenoxy) is 6. The molecule has 6 nitrogen and oxygen atoms in total. The first-order valence-electron chi connectivity index (χ1n) is 10.9. The second kappa shape index (κ2) is 10.7. The van der Waals surface area contributed by atoms with Crippen LogP contribution in [0, 0.1) is 20.8 Å². The monoisotopic (exact) mass is 481 g/mol. The van der Waals surface area contributed by atoms with E-state index in [0.717, 1.165) is 32.3 Å². The molecule has 0 aromatic heterocycles. The van der Waals surface area contributed by atoms with Gasteiger partial charge in [-0.2, -0.15) is 0 Å². The van der Waals surface area contributed by atoms with E-state index in [9.17, 15) is 0 Å². The number of aryl methyl sites for hydroxylation is 3. The van der Waals surface area contributed by atoms with Crippen LogP contribution in [0.2, 0.25) is 0 Å². The zero-order chi connectivity index (χ0) is 25.0. The van der Waals surface area contributed by atoms with Crippen LogP contribution in [-0.4, -0.2) is 51.5 Å². The highest BCUT2D eigenvalue weighted by Gasteiger charge is 2.36. The van der Waals surface area contributed by atoms with E-state index in [0.29, 0.717) is 34.5 Å². The van der Waals surface area contributed by atoms with Crippen LogP contribution in [0.3, 0.4) is 0 Å². The highest BCUT2D eigenvalue weighted by Crippen LogP contribution is 2.33. The summed E-state index contributed by atoms with van der Waals surface area (Å²) in [6, 6.07) is 12.0. The summed E-state index contributed by atoms with van der Waals surface area (Å²) in [5, 5.41) is 3.16. The van der Waals surface area contributed by atoms with E-state index in [2.05, 4.69) is 39.0 Å². The standard InChI is InChI=1S/C27H33O6Si/c1-16-10-13-19(28-4)22(31-7)25(16)34(26-17(2)11-14-20(29-5)23(26)32-8)27-18(3)12-15-21(30-6)24(27)33-9/h10-15H,1-9H3. The van der Waals surface area contributed by atoms with Crippen molar-refractivity contribution < 1.29 is 28.4 Å². The van der Waals surface area contributed by atoms with Gasteiger partial charge >= 0.3 is 0 Å². The van der Waals surface area contributed by atoms with Gasteiger partial charge in [0.2, 0.25) is 0 Å². The molecule has 1 radical (unpaired) electrons. The van der Waals surface area contributed by atoms with Crippen LogP contribution in [0.15, 0.2) is 36.4 Å². The van der Waals surface area contributed by atoms with Gasteiger partial charge in [-0.15, -0.1) is 0 Å². The third-order valence-corrected chi connectivity index (χ3v) is 9.38. The molecule has 0 aliphatic heterocycles. The molecule has 0 aliphatic rings. The molecule has 3 rings (SSSR count). The fourth-order valence-corrected chi connectivity index (χ4v) is 7.92. The number of hydrogen-bond donors (Lipinski definition) is 0. The van der Waals surface area contributed by atoms with E-state index in [-0.39, 0.29) is 0 Å². The number of benzene rings is 3. The Morgan fingerprint density at radius 2 is 0.676 bits per heavy atom. The molecule has 0 spiro atoms. The Morgan fingerprint density at radius 1 is 0.412 bits per heavy atom. The molecule has 0 saturated heterocycles. The molecule has 0 bridgehead atoms. The lowest BCUT2D eigenvalue weighted by atomic mass is 10.2. The predicted molar refractivity (Wildman–Crippen MR) is 138 cm³/mol. The number of rotatable bonds is 9. The minimum Gasteiger partial charge on any atom is -0.493 e. The highest BCUT2D eigenvalue weighted by atomic mass is 28.3. The molecule has 0 unspecified atom stereocenters. The average Bonchev–Trinajstić information content (AvgIpc) is 2.85. The Balaban J connectivity index is 2.59. The third kappa shape index (κ3) is 4.28. The van der Waals surface area contributed by atoms with Crippen molar-refractivity contribution in [3.63, 3.8) is 0 Å². The van der Waals surface area contributed by atoms with Crippen molar-refractivity contribution in [2.45, 2.75) is 20.8 Å². The fraction of sp³-hybridized carbons (Fsp3) is 0.333. The molecule has 0 N–H and O–H groups in total. The normalized spacial score (nSPS) is 10.8. The Morgan fingerprint density at radius 3 is 0.882 bits per heavy atom. The molecule has 181 valence electrons. The molecule has 3 aromatic rings. The molecule has 0 amide bonds. The van der Waals surface area contributed by atoms with E-state index < -0.39 is 8.80 Å². The van der Waals surface area contributed by atoms with Crippen LogP contribution in [0.25, 0.3) is 0 Å². The smallest absolute Gasteiger partial charge is 0.170 e. The largest absolute Gasteiger partial charge is 0.493 e. The van der Waals surface area contributed by atoms with Crippen molar-refractivity contribution in [2.75, 3.05) is 42.7 Å². The van der Waals surface area contributed by atoms with Crippen LogP contribution in [0.5, 0.6) is 34.5 Å². The average molecular weight is 482 g/mol. The quantitative estimate of drug-likeness (QED) is 0.346. The fourth-order valence-electron chi connectivity index (χ4n) is 4.38. The molecular formula is C27H33O6Si. The number of hydrogen-bond acceptors (Lipinski definition) is 6. The van der Waals surface area contributed by atoms with Gasteiger partial charge in [-0.25, -0.2) is 0 Å². The van der Waals surface area contributed by atoms with Gasteiger partial charge in [-0.1, -0.05) is 18.2 Å². The van der Waals surface area contributed by atoms with Crippen molar-refractivity contribution in [3.8, 4) is 34.5 Å². The number of methoxy groups -OCH3 is 6. The van der Waals surface area contributed by atoms with Crippen molar-refractivity contribution >= 4 is 24.4 Å². The SMILES string of the molecule is COc1ccc(C)c([Si](c2c(C)ccc(OC)c2OC)c2c(C)ccc(OC)c2OC)c1OC. The maximum Gasteiger partial charge on any atom is 0.170 e. The van der Waals surface area contributed by atoms with Crippen molar-refractivity contribution in [2.24, 2.45) is 0 Å². The van der Waals surface area contributed by atoms with E-state index in [4.69, 9.17) is 28.4 Å². The Bertz CT molecular complexity index is 1030. The molecule has 0 aliphatic carbocycles. The maximum absolute atomic E-state index is 5.97. The lowest BCUT2D eigenvalue weighted by Crippen LogP contribution is -2.56. The molecule has 0 heterocycles. The van der Waals surface area contributed by atoms with Gasteiger partial charge in [0, 0.05) is 0 Å². The summed E-state index contributed by atoms with van der Waals surface area (Å²) in [7, 11) is 8.17. The van der Waals surface area contributed by atoms with Crippen molar-refractivity contribution in [3.05, 3.63) is 53.1 Å². The summed E-state index contributed by atoms with van der Waals surface area (Å²) in [5.74, 6) is 4.11. The van der Waals surface area contributed by atoms with Crippen LogP contribution in [0.1, 0.15) is 16.7 Å². The van der Waals surface area contributed by atoms with Gasteiger partial charge in [0.25, 0.3) is 0 Å². The second-order valence-electron chi connectivity index (χ2n) is 7.85. The van der Waals surface area contributed by atoms with Crippen molar-refractivity contribution in [1.82, 2.24) is 0 Å². The van der Waals surface area contributed by atoms with E-state index in [1.54, 1.807) is 42.7 Å². The van der Waals surface area contributed by atoms with Crippen LogP contribution in [-0.2, 0) is 0 Å². The third-order valence-electron chi connectivity index (χ3n) is 6.01. The summed E-state index contributed by atoms with van der Waals surface area (Å²) in [5.41, 5.74) is 3.25. The van der Waals surface area contributed by atoms with Gasteiger partial charge in [0.1, 0.15) is 0 Å². The zero-order valence-corrected chi connectivity index (χ0v) is 22.4. The first-order chi connectivity index (χ1) is 16.4. The summed E-state index contributed by atoms with van der Waals surface area (Å²) < 4.78 is 35.0. The van der Waals surface area contributed by atoms with Crippen LogP contribution < -0.4 is 44.0 Å². The minimum atomic E-state index is -1.80. The summed E-state index contributed by atoms with van der Waals surface area (Å²) in [6.45, 7) is 6.27. The lowest BCUT2D eigenvalue weighted by molar-refractivity contribution is 0.355. The van der Waals surface area contributed by atoms with Gasteiger partial charge in [-0.3, -0.25) is 0 Å². The first-order valence-corrected chi connectivity index (χ1v) is 12.4. The van der Waals surface area contributed by atoms with Gasteiger partial charge in [0.05, 0.1) is 42.7 Å². The molecule has 0 atom stereocenters. The molecule has 34 heavy (non-hydrogen) atoms. The predicted octanol–water partition coefficient (Wildman–Crippen LogP) is 3.18. The molecule has 0 saturated carbocycles. The second-order valence-corrected chi connectivity index (χ2v) is 10.1. The molecule has 0 fully saturated rings. The first kappa shape index (κ1) is 25.3. The van der Waals surface area contributed by atoms with Crippen LogP contribution >= 0.6 is 0 Å². The Kier molecular flexibility index (Phi) is 7.99. The van der Waals surface area contributed by atoms with E-state index in [1.165, 1.54) is 0 Å². The summed E-state index contributed by atoms with van der Waals surface area (Å²) >= 11 is 0. The van der Waals surface area contributed by atoms with Crippen molar-refractivity contribution in [1.29, 1.82) is 0 Å². The highest BCUT2D eigenvalue weighted by molar-refractivity contribution is 6.98. The molecule has 3 aromatic carbocycles. The molecule has 7 heteroatoms. The molecular weight excluding hydrogens is 448 g/mol. The van der Waals surface area contributed by atoms with Crippen LogP contribution in [0.4, 0.5) is 0 Å². The maximum atomic E-state index is 5.97. The topological polar surface area (TPSA) is 55.4 Å². The van der Waals surface area contributed by atoms with Gasteiger partial charge in [-0.05, 0) is 71.2 Å². The van der Waals surface area contributed by atoms with E-state index >= 15 is 0 Å². The lowest BCUT2D eigenvalue weighted by Gasteiger charge is -2.28. The Hall–Kier alpha value is -3.32.